The second-order valence-electron chi connectivity index (χ2n) is 3.88. The van der Waals surface area contributed by atoms with E-state index in [1.165, 1.54) is 0 Å². The first-order valence-electron chi connectivity index (χ1n) is 5.88. The maximum atomic E-state index is 11.1. The van der Waals surface area contributed by atoms with Crippen molar-refractivity contribution < 1.29 is 4.92 Å². The zero-order valence-electron chi connectivity index (χ0n) is 11.0. The standard InChI is InChI=1S/C11H15N5O2S/c1-4-8(5-2)15-10-9(16(17)18)11(19-6-12)14-7(3)13-10/h8H,4-5H2,1-3H3,(H,13,14,15). The number of thiocyanates is 1. The van der Waals surface area contributed by atoms with E-state index in [-0.39, 0.29) is 22.6 Å². The van der Waals surface area contributed by atoms with Gasteiger partial charge in [-0.2, -0.15) is 5.26 Å². The van der Waals surface area contributed by atoms with Crippen molar-refractivity contribution in [2.75, 3.05) is 5.32 Å². The van der Waals surface area contributed by atoms with Crippen LogP contribution in [-0.2, 0) is 0 Å². The number of nitriles is 1. The van der Waals surface area contributed by atoms with Crippen molar-refractivity contribution >= 4 is 23.3 Å². The lowest BCUT2D eigenvalue weighted by molar-refractivity contribution is -0.387. The van der Waals surface area contributed by atoms with Gasteiger partial charge in [-0.15, -0.1) is 0 Å². The monoisotopic (exact) mass is 281 g/mol. The van der Waals surface area contributed by atoms with Gasteiger partial charge in [0.1, 0.15) is 11.2 Å². The molecule has 0 radical (unpaired) electrons. The molecule has 0 fully saturated rings. The van der Waals surface area contributed by atoms with Crippen molar-refractivity contribution in [2.24, 2.45) is 0 Å². The third-order valence-corrected chi connectivity index (χ3v) is 3.18. The molecule has 102 valence electrons. The molecule has 1 N–H and O–H groups in total. The molecule has 1 aromatic heterocycles. The van der Waals surface area contributed by atoms with Crippen molar-refractivity contribution in [3.8, 4) is 5.40 Å². The lowest BCUT2D eigenvalue weighted by Crippen LogP contribution is -2.19. The third kappa shape index (κ3) is 3.79. The summed E-state index contributed by atoms with van der Waals surface area (Å²) in [4.78, 5) is 18.6. The number of nitro groups is 1. The van der Waals surface area contributed by atoms with Crippen LogP contribution in [0.3, 0.4) is 0 Å². The summed E-state index contributed by atoms with van der Waals surface area (Å²) in [6, 6.07) is 0.105. The summed E-state index contributed by atoms with van der Waals surface area (Å²) in [6.07, 6.45) is 1.66. The van der Waals surface area contributed by atoms with E-state index in [0.29, 0.717) is 17.6 Å². The van der Waals surface area contributed by atoms with Crippen LogP contribution in [0.15, 0.2) is 5.03 Å². The summed E-state index contributed by atoms with van der Waals surface area (Å²) < 4.78 is 0. The van der Waals surface area contributed by atoms with E-state index < -0.39 is 4.92 Å². The van der Waals surface area contributed by atoms with E-state index in [2.05, 4.69) is 15.3 Å². The van der Waals surface area contributed by atoms with Gasteiger partial charge in [0.2, 0.25) is 5.82 Å². The Kier molecular flexibility index (Phi) is 5.51. The molecule has 0 atom stereocenters. The van der Waals surface area contributed by atoms with Crippen molar-refractivity contribution in [3.63, 3.8) is 0 Å². The highest BCUT2D eigenvalue weighted by atomic mass is 32.2. The van der Waals surface area contributed by atoms with Crippen LogP contribution >= 0.6 is 11.8 Å². The van der Waals surface area contributed by atoms with Crippen LogP contribution in [0.25, 0.3) is 0 Å². The molecule has 1 aromatic rings. The fraction of sp³-hybridized carbons (Fsp3) is 0.545. The van der Waals surface area contributed by atoms with Gasteiger partial charge in [-0.3, -0.25) is 10.1 Å². The number of hydrogen-bond donors (Lipinski definition) is 1. The predicted octanol–water partition coefficient (Wildman–Crippen LogP) is 2.87. The van der Waals surface area contributed by atoms with Gasteiger partial charge in [-0.05, 0) is 19.8 Å². The van der Waals surface area contributed by atoms with Crippen molar-refractivity contribution in [1.29, 1.82) is 5.26 Å². The average molecular weight is 281 g/mol. The number of anilines is 1. The Balaban J connectivity index is 3.28. The van der Waals surface area contributed by atoms with Crippen LogP contribution in [0.4, 0.5) is 11.5 Å². The van der Waals surface area contributed by atoms with E-state index in [9.17, 15) is 10.1 Å². The van der Waals surface area contributed by atoms with Crippen LogP contribution in [0, 0.1) is 27.7 Å². The van der Waals surface area contributed by atoms with E-state index in [4.69, 9.17) is 5.26 Å². The molecule has 1 rings (SSSR count). The zero-order valence-corrected chi connectivity index (χ0v) is 11.8. The number of nitrogens with one attached hydrogen (secondary N) is 1. The summed E-state index contributed by atoms with van der Waals surface area (Å²) in [5, 5.41) is 24.8. The molecule has 0 amide bonds. The number of aromatic nitrogens is 2. The van der Waals surface area contributed by atoms with E-state index in [0.717, 1.165) is 12.8 Å². The SMILES string of the molecule is CCC(CC)Nc1nc(C)nc(SC#N)c1[N+](=O)[O-]. The fourth-order valence-electron chi connectivity index (χ4n) is 1.61. The highest BCUT2D eigenvalue weighted by Gasteiger charge is 2.25. The maximum absolute atomic E-state index is 11.1. The molecular formula is C11H15N5O2S. The summed E-state index contributed by atoms with van der Waals surface area (Å²) >= 11 is 0.674. The summed E-state index contributed by atoms with van der Waals surface area (Å²) in [5.41, 5.74) is -0.232. The molecule has 0 saturated heterocycles. The number of nitrogens with zero attached hydrogens (tertiary/aromatic N) is 4. The highest BCUT2D eigenvalue weighted by molar-refractivity contribution is 8.03. The molecule has 0 aromatic carbocycles. The van der Waals surface area contributed by atoms with Crippen molar-refractivity contribution in [3.05, 3.63) is 15.9 Å². The molecule has 0 bridgehead atoms. The van der Waals surface area contributed by atoms with Gasteiger partial charge in [-0.25, -0.2) is 9.97 Å². The quantitative estimate of drug-likeness (QED) is 0.281. The van der Waals surface area contributed by atoms with Gasteiger partial charge in [-0.1, -0.05) is 13.8 Å². The normalized spacial score (nSPS) is 10.3. The highest BCUT2D eigenvalue weighted by Crippen LogP contribution is 2.33. The molecule has 19 heavy (non-hydrogen) atoms. The maximum Gasteiger partial charge on any atom is 0.344 e. The van der Waals surface area contributed by atoms with Gasteiger partial charge < -0.3 is 5.32 Å². The molecule has 0 aliphatic heterocycles. The number of hydrogen-bond acceptors (Lipinski definition) is 7. The van der Waals surface area contributed by atoms with Crippen molar-refractivity contribution in [2.45, 2.75) is 44.7 Å². The van der Waals surface area contributed by atoms with Gasteiger partial charge in [0.15, 0.2) is 5.03 Å². The minimum Gasteiger partial charge on any atom is -0.361 e. The van der Waals surface area contributed by atoms with Crippen LogP contribution < -0.4 is 5.32 Å². The summed E-state index contributed by atoms with van der Waals surface area (Å²) in [5.74, 6) is 0.584. The topological polar surface area (TPSA) is 105 Å². The molecular weight excluding hydrogens is 266 g/mol. The predicted molar refractivity (Wildman–Crippen MR) is 72.9 cm³/mol. The Labute approximate surface area is 115 Å². The van der Waals surface area contributed by atoms with Gasteiger partial charge in [0.05, 0.1) is 4.92 Å². The Morgan fingerprint density at radius 3 is 2.58 bits per heavy atom. The summed E-state index contributed by atoms with van der Waals surface area (Å²) in [6.45, 7) is 5.63. The van der Waals surface area contributed by atoms with Crippen LogP contribution in [-0.4, -0.2) is 20.9 Å². The van der Waals surface area contributed by atoms with E-state index in [1.807, 2.05) is 19.2 Å². The molecule has 8 heteroatoms. The lowest BCUT2D eigenvalue weighted by atomic mass is 10.2. The summed E-state index contributed by atoms with van der Waals surface area (Å²) in [7, 11) is 0. The molecule has 1 heterocycles. The van der Waals surface area contributed by atoms with Gasteiger partial charge in [0.25, 0.3) is 0 Å². The molecule has 0 unspecified atom stereocenters. The first-order valence-corrected chi connectivity index (χ1v) is 6.70. The van der Waals surface area contributed by atoms with Crippen LogP contribution in [0.5, 0.6) is 0 Å². The Hall–Kier alpha value is -1.88. The molecule has 0 aliphatic carbocycles. The minimum atomic E-state index is -0.552. The van der Waals surface area contributed by atoms with Gasteiger partial charge in [0, 0.05) is 17.8 Å². The Morgan fingerprint density at radius 2 is 2.11 bits per heavy atom. The van der Waals surface area contributed by atoms with Gasteiger partial charge >= 0.3 is 5.69 Å². The smallest absolute Gasteiger partial charge is 0.344 e. The minimum absolute atomic E-state index is 0.0773. The lowest BCUT2D eigenvalue weighted by Gasteiger charge is -2.16. The van der Waals surface area contributed by atoms with E-state index in [1.54, 1.807) is 6.92 Å². The van der Waals surface area contributed by atoms with Crippen molar-refractivity contribution in [1.82, 2.24) is 9.97 Å². The Morgan fingerprint density at radius 1 is 1.47 bits per heavy atom. The second kappa shape index (κ2) is 6.89. The van der Waals surface area contributed by atoms with E-state index >= 15 is 0 Å². The first-order chi connectivity index (χ1) is 9.03. The first kappa shape index (κ1) is 15.2. The number of thioether (sulfide) groups is 1. The average Bonchev–Trinajstić information content (AvgIpc) is 2.35. The molecule has 7 nitrogen and oxygen atoms in total. The molecule has 0 aliphatic rings. The third-order valence-electron chi connectivity index (χ3n) is 2.62. The fourth-order valence-corrected chi connectivity index (χ4v) is 2.14. The van der Waals surface area contributed by atoms with Crippen LogP contribution in [0.1, 0.15) is 32.5 Å². The second-order valence-corrected chi connectivity index (χ2v) is 4.65. The van der Waals surface area contributed by atoms with Crippen LogP contribution in [0.2, 0.25) is 0 Å². The molecule has 0 spiro atoms. The Bertz CT molecular complexity index is 511. The number of aryl methyl sites for hydroxylation is 1. The largest absolute Gasteiger partial charge is 0.361 e. The molecule has 0 saturated carbocycles. The zero-order chi connectivity index (χ0) is 14.4. The number of rotatable bonds is 6.